The van der Waals surface area contributed by atoms with Gasteiger partial charge in [-0.2, -0.15) is 23.3 Å². The summed E-state index contributed by atoms with van der Waals surface area (Å²) in [5.74, 6) is -0.867. The molecule has 0 radical (unpaired) electrons. The lowest BCUT2D eigenvalue weighted by Gasteiger charge is -2.16. The highest BCUT2D eigenvalue weighted by Crippen LogP contribution is 2.30. The van der Waals surface area contributed by atoms with Crippen molar-refractivity contribution in [2.75, 3.05) is 11.9 Å². The maximum Gasteiger partial charge on any atom is 0.408 e. The number of hydrogen-bond donors (Lipinski definition) is 3. The van der Waals surface area contributed by atoms with Gasteiger partial charge in [0.2, 0.25) is 5.95 Å². The number of aromatic amines is 1. The smallest absolute Gasteiger partial charge is 0.346 e. The number of carbonyl (C=O) groups excluding carboxylic acids is 1. The van der Waals surface area contributed by atoms with E-state index in [9.17, 15) is 26.7 Å². The molecule has 168 valence electrons. The van der Waals surface area contributed by atoms with Crippen molar-refractivity contribution in [3.63, 3.8) is 0 Å². The van der Waals surface area contributed by atoms with E-state index in [1.165, 1.54) is 16.9 Å². The van der Waals surface area contributed by atoms with Gasteiger partial charge in [0, 0.05) is 29.5 Å². The SMILES string of the molecule is C[C@H](Nc1ncc2c(-c3ccn4ncc(C(=O)NCC(F)F)c4c3)c[nH]c2n1)C(F)(F)F. The number of fused-ring (bicyclic) bond motifs is 2. The van der Waals surface area contributed by atoms with Crippen LogP contribution in [0.1, 0.15) is 17.3 Å². The number of H-pyrrole nitrogens is 1. The lowest BCUT2D eigenvalue weighted by molar-refractivity contribution is -0.138. The third-order valence-corrected chi connectivity index (χ3v) is 4.76. The van der Waals surface area contributed by atoms with Crippen LogP contribution in [0.5, 0.6) is 0 Å². The van der Waals surface area contributed by atoms with E-state index in [1.54, 1.807) is 24.5 Å². The van der Waals surface area contributed by atoms with Crippen LogP contribution in [0.25, 0.3) is 27.7 Å². The van der Waals surface area contributed by atoms with Crippen LogP contribution in [-0.2, 0) is 0 Å². The summed E-state index contributed by atoms with van der Waals surface area (Å²) in [6, 6.07) is 1.53. The van der Waals surface area contributed by atoms with Gasteiger partial charge in [-0.05, 0) is 24.6 Å². The third kappa shape index (κ3) is 4.18. The van der Waals surface area contributed by atoms with Crippen LogP contribution >= 0.6 is 0 Å². The van der Waals surface area contributed by atoms with Crippen molar-refractivity contribution in [1.82, 2.24) is 29.9 Å². The number of anilines is 1. The molecule has 13 heteroatoms. The van der Waals surface area contributed by atoms with Gasteiger partial charge in [-0.3, -0.25) is 4.79 Å². The Labute approximate surface area is 176 Å². The first kappa shape index (κ1) is 21.5. The van der Waals surface area contributed by atoms with Crippen LogP contribution in [0.3, 0.4) is 0 Å². The number of amides is 1. The molecule has 4 aromatic heterocycles. The van der Waals surface area contributed by atoms with Crippen LogP contribution in [0.15, 0.2) is 36.9 Å². The number of pyridine rings is 1. The van der Waals surface area contributed by atoms with Crippen molar-refractivity contribution in [2.24, 2.45) is 0 Å². The number of alkyl halides is 5. The second kappa shape index (κ2) is 8.05. The quantitative estimate of drug-likeness (QED) is 0.387. The number of nitrogens with one attached hydrogen (secondary N) is 3. The molecule has 8 nitrogen and oxygen atoms in total. The van der Waals surface area contributed by atoms with Crippen molar-refractivity contribution in [3.8, 4) is 11.1 Å². The minimum atomic E-state index is -4.45. The third-order valence-electron chi connectivity index (χ3n) is 4.76. The Morgan fingerprint density at radius 1 is 1.28 bits per heavy atom. The highest BCUT2D eigenvalue weighted by Gasteiger charge is 2.36. The Kier molecular flexibility index (Phi) is 5.40. The molecule has 4 aromatic rings. The first-order valence-corrected chi connectivity index (χ1v) is 9.35. The molecule has 0 spiro atoms. The fourth-order valence-electron chi connectivity index (χ4n) is 3.08. The van der Waals surface area contributed by atoms with E-state index in [2.05, 4.69) is 30.7 Å². The molecule has 0 saturated heterocycles. The lowest BCUT2D eigenvalue weighted by Crippen LogP contribution is -2.33. The van der Waals surface area contributed by atoms with Crippen LogP contribution in [0.2, 0.25) is 0 Å². The molecule has 0 bridgehead atoms. The summed E-state index contributed by atoms with van der Waals surface area (Å²) in [4.78, 5) is 23.2. The van der Waals surface area contributed by atoms with Crippen molar-refractivity contribution in [3.05, 3.63) is 42.5 Å². The summed E-state index contributed by atoms with van der Waals surface area (Å²) in [5.41, 5.74) is 2.10. The number of halogens is 5. The first-order chi connectivity index (χ1) is 15.1. The van der Waals surface area contributed by atoms with Gasteiger partial charge >= 0.3 is 6.18 Å². The molecular weight excluding hydrogens is 437 g/mol. The van der Waals surface area contributed by atoms with Gasteiger partial charge < -0.3 is 15.6 Å². The zero-order chi connectivity index (χ0) is 23.0. The minimum absolute atomic E-state index is 0.121. The average molecular weight is 453 g/mol. The molecule has 0 aliphatic carbocycles. The summed E-state index contributed by atoms with van der Waals surface area (Å²) >= 11 is 0. The van der Waals surface area contributed by atoms with E-state index >= 15 is 0 Å². The number of rotatable bonds is 6. The van der Waals surface area contributed by atoms with Gasteiger partial charge in [-0.1, -0.05) is 0 Å². The molecule has 32 heavy (non-hydrogen) atoms. The number of nitrogens with zero attached hydrogens (tertiary/aromatic N) is 4. The molecule has 0 aromatic carbocycles. The van der Waals surface area contributed by atoms with Gasteiger partial charge in [0.05, 0.1) is 23.8 Å². The van der Waals surface area contributed by atoms with Gasteiger partial charge in [-0.15, -0.1) is 0 Å². The topological polar surface area (TPSA) is 100 Å². The molecule has 1 atom stereocenters. The standard InChI is InChI=1S/C19H16F5N7O/c1-9(19(22,23)24)29-18-27-6-12-11(5-25-16(12)30-18)10-2-3-31-14(4-10)13(7-28-31)17(32)26-8-15(20)21/h2-7,9,15H,8H2,1H3,(H,26,32)(H2,25,27,29,30)/t9-/m0/s1. The predicted octanol–water partition coefficient (Wildman–Crippen LogP) is 3.63. The second-order valence-corrected chi connectivity index (χ2v) is 6.97. The lowest BCUT2D eigenvalue weighted by atomic mass is 10.1. The van der Waals surface area contributed by atoms with E-state index in [-0.39, 0.29) is 11.5 Å². The summed E-state index contributed by atoms with van der Waals surface area (Å²) in [6.07, 6.45) is -1.27. The van der Waals surface area contributed by atoms with E-state index in [1.807, 2.05) is 0 Å². The van der Waals surface area contributed by atoms with Crippen molar-refractivity contribution < 1.29 is 26.7 Å². The molecule has 0 fully saturated rings. The van der Waals surface area contributed by atoms with Crippen LogP contribution < -0.4 is 10.6 Å². The Hall–Kier alpha value is -3.77. The van der Waals surface area contributed by atoms with Crippen LogP contribution in [-0.4, -0.2) is 55.7 Å². The molecule has 0 aliphatic heterocycles. The fraction of sp³-hybridized carbons (Fsp3) is 0.263. The Morgan fingerprint density at radius 3 is 2.78 bits per heavy atom. The summed E-state index contributed by atoms with van der Waals surface area (Å²) in [5, 5.41) is 8.93. The molecule has 0 unspecified atom stereocenters. The molecule has 1 amide bonds. The highest BCUT2D eigenvalue weighted by atomic mass is 19.4. The van der Waals surface area contributed by atoms with E-state index < -0.39 is 31.1 Å². The molecule has 4 rings (SSSR count). The number of aromatic nitrogens is 5. The molecule has 0 aliphatic rings. The Balaban J connectivity index is 1.66. The Bertz CT molecular complexity index is 1280. The fourth-order valence-corrected chi connectivity index (χ4v) is 3.08. The summed E-state index contributed by atoms with van der Waals surface area (Å²) < 4.78 is 64.5. The van der Waals surface area contributed by atoms with E-state index in [0.717, 1.165) is 6.92 Å². The highest BCUT2D eigenvalue weighted by molar-refractivity contribution is 6.02. The summed E-state index contributed by atoms with van der Waals surface area (Å²) in [6.45, 7) is 0.183. The van der Waals surface area contributed by atoms with Gasteiger partial charge in [0.15, 0.2) is 0 Å². The molecule has 3 N–H and O–H groups in total. The first-order valence-electron chi connectivity index (χ1n) is 9.35. The minimum Gasteiger partial charge on any atom is -0.346 e. The zero-order valence-electron chi connectivity index (χ0n) is 16.4. The molecular formula is C19H16F5N7O. The maximum absolute atomic E-state index is 12.8. The average Bonchev–Trinajstić information content (AvgIpc) is 3.34. The molecule has 4 heterocycles. The van der Waals surface area contributed by atoms with Crippen molar-refractivity contribution in [2.45, 2.75) is 25.6 Å². The zero-order valence-corrected chi connectivity index (χ0v) is 16.4. The van der Waals surface area contributed by atoms with Crippen molar-refractivity contribution in [1.29, 1.82) is 0 Å². The predicted molar refractivity (Wildman–Crippen MR) is 106 cm³/mol. The Morgan fingerprint density at radius 2 is 2.06 bits per heavy atom. The van der Waals surface area contributed by atoms with Gasteiger partial charge in [0.25, 0.3) is 12.3 Å². The normalized spacial score (nSPS) is 13.1. The molecule has 0 saturated carbocycles. The van der Waals surface area contributed by atoms with E-state index in [0.29, 0.717) is 27.7 Å². The van der Waals surface area contributed by atoms with Crippen LogP contribution in [0, 0.1) is 0 Å². The number of carbonyl (C=O) groups is 1. The van der Waals surface area contributed by atoms with Crippen LogP contribution in [0.4, 0.5) is 27.9 Å². The number of hydrogen-bond acceptors (Lipinski definition) is 5. The van der Waals surface area contributed by atoms with Gasteiger partial charge in [-0.25, -0.2) is 18.3 Å². The second-order valence-electron chi connectivity index (χ2n) is 6.97. The summed E-state index contributed by atoms with van der Waals surface area (Å²) in [7, 11) is 0. The monoisotopic (exact) mass is 453 g/mol. The largest absolute Gasteiger partial charge is 0.408 e. The van der Waals surface area contributed by atoms with Crippen molar-refractivity contribution >= 4 is 28.4 Å². The maximum atomic E-state index is 12.8. The van der Waals surface area contributed by atoms with Gasteiger partial charge in [0.1, 0.15) is 11.7 Å². The van der Waals surface area contributed by atoms with E-state index in [4.69, 9.17) is 0 Å².